The van der Waals surface area contributed by atoms with Crippen LogP contribution in [-0.4, -0.2) is 49.6 Å². The zero-order chi connectivity index (χ0) is 10.7. The summed E-state index contributed by atoms with van der Waals surface area (Å²) in [5.41, 5.74) is 0. The van der Waals surface area contributed by atoms with Crippen molar-refractivity contribution in [3.05, 3.63) is 0 Å². The Morgan fingerprint density at radius 3 is 2.67 bits per heavy atom. The van der Waals surface area contributed by atoms with Crippen molar-refractivity contribution < 1.29 is 0 Å². The molecule has 2 fully saturated rings. The standard InChI is InChI=1S/C13H26N2/c1-12-5-8-15(10-12)9-6-13-4-3-7-14(2)11-13/h12-13H,3-11H2,1-2H3. The van der Waals surface area contributed by atoms with Crippen LogP contribution in [0.4, 0.5) is 0 Å². The third-order valence-electron chi connectivity index (χ3n) is 4.08. The Kier molecular flexibility index (Phi) is 4.04. The fraction of sp³-hybridized carbons (Fsp3) is 1.00. The highest BCUT2D eigenvalue weighted by atomic mass is 15.1. The van der Waals surface area contributed by atoms with Crippen molar-refractivity contribution in [1.82, 2.24) is 9.80 Å². The van der Waals surface area contributed by atoms with E-state index in [0.29, 0.717) is 0 Å². The van der Waals surface area contributed by atoms with Crippen molar-refractivity contribution in [3.63, 3.8) is 0 Å². The summed E-state index contributed by atoms with van der Waals surface area (Å²) in [5, 5.41) is 0. The molecule has 2 heterocycles. The van der Waals surface area contributed by atoms with Crippen LogP contribution < -0.4 is 0 Å². The molecule has 2 rings (SSSR count). The predicted octanol–water partition coefficient (Wildman–Crippen LogP) is 2.06. The Labute approximate surface area is 94.6 Å². The molecule has 2 heteroatoms. The lowest BCUT2D eigenvalue weighted by Gasteiger charge is -2.30. The molecule has 0 radical (unpaired) electrons. The molecule has 2 aliphatic rings. The third kappa shape index (κ3) is 3.46. The second kappa shape index (κ2) is 5.31. The highest BCUT2D eigenvalue weighted by molar-refractivity contribution is 4.76. The Balaban J connectivity index is 1.64. The van der Waals surface area contributed by atoms with Gasteiger partial charge in [0.15, 0.2) is 0 Å². The first kappa shape index (κ1) is 11.4. The molecule has 0 spiro atoms. The summed E-state index contributed by atoms with van der Waals surface area (Å²) in [4.78, 5) is 5.17. The van der Waals surface area contributed by atoms with Crippen LogP contribution in [0, 0.1) is 11.8 Å². The van der Waals surface area contributed by atoms with E-state index in [1.165, 1.54) is 58.4 Å². The van der Waals surface area contributed by atoms with Gasteiger partial charge < -0.3 is 9.80 Å². The highest BCUT2D eigenvalue weighted by Crippen LogP contribution is 2.21. The van der Waals surface area contributed by atoms with E-state index in [4.69, 9.17) is 0 Å². The molecular formula is C13H26N2. The Bertz CT molecular complexity index is 193. The van der Waals surface area contributed by atoms with Gasteiger partial charge >= 0.3 is 0 Å². The van der Waals surface area contributed by atoms with Gasteiger partial charge in [0.1, 0.15) is 0 Å². The summed E-state index contributed by atoms with van der Waals surface area (Å²) < 4.78 is 0. The Morgan fingerprint density at radius 2 is 2.00 bits per heavy atom. The van der Waals surface area contributed by atoms with E-state index in [2.05, 4.69) is 23.8 Å². The second-order valence-corrected chi connectivity index (χ2v) is 5.75. The number of rotatable bonds is 3. The maximum absolute atomic E-state index is 2.67. The summed E-state index contributed by atoms with van der Waals surface area (Å²) >= 11 is 0. The molecule has 0 aromatic heterocycles. The number of hydrogen-bond donors (Lipinski definition) is 0. The summed E-state index contributed by atoms with van der Waals surface area (Å²) in [5.74, 6) is 1.92. The van der Waals surface area contributed by atoms with E-state index >= 15 is 0 Å². The average Bonchev–Trinajstić information content (AvgIpc) is 2.62. The first-order valence-corrected chi connectivity index (χ1v) is 6.65. The predicted molar refractivity (Wildman–Crippen MR) is 65.1 cm³/mol. The molecular weight excluding hydrogens is 184 g/mol. The van der Waals surface area contributed by atoms with Crippen molar-refractivity contribution in [3.8, 4) is 0 Å². The molecule has 0 aromatic carbocycles. The number of piperidine rings is 1. The Morgan fingerprint density at radius 1 is 1.13 bits per heavy atom. The minimum absolute atomic E-state index is 0.944. The quantitative estimate of drug-likeness (QED) is 0.703. The number of hydrogen-bond acceptors (Lipinski definition) is 2. The molecule has 0 bridgehead atoms. The van der Waals surface area contributed by atoms with E-state index in [9.17, 15) is 0 Å². The van der Waals surface area contributed by atoms with Crippen LogP contribution in [0.25, 0.3) is 0 Å². The minimum atomic E-state index is 0.944. The average molecular weight is 210 g/mol. The van der Waals surface area contributed by atoms with Crippen LogP contribution >= 0.6 is 0 Å². The molecule has 2 unspecified atom stereocenters. The second-order valence-electron chi connectivity index (χ2n) is 5.75. The molecule has 0 amide bonds. The highest BCUT2D eigenvalue weighted by Gasteiger charge is 2.21. The van der Waals surface area contributed by atoms with E-state index in [1.54, 1.807) is 0 Å². The molecule has 2 atom stereocenters. The summed E-state index contributed by atoms with van der Waals surface area (Å²) in [6, 6.07) is 0. The molecule has 0 N–H and O–H groups in total. The lowest BCUT2D eigenvalue weighted by molar-refractivity contribution is 0.185. The monoisotopic (exact) mass is 210 g/mol. The van der Waals surface area contributed by atoms with Crippen molar-refractivity contribution in [2.75, 3.05) is 39.8 Å². The zero-order valence-corrected chi connectivity index (χ0v) is 10.4. The van der Waals surface area contributed by atoms with Gasteiger partial charge in [0.25, 0.3) is 0 Å². The maximum atomic E-state index is 2.67. The summed E-state index contributed by atoms with van der Waals surface area (Å²) in [6.07, 6.45) is 5.73. The van der Waals surface area contributed by atoms with Crippen molar-refractivity contribution in [2.45, 2.75) is 32.6 Å². The summed E-state index contributed by atoms with van der Waals surface area (Å²) in [7, 11) is 2.27. The van der Waals surface area contributed by atoms with E-state index in [-0.39, 0.29) is 0 Å². The van der Waals surface area contributed by atoms with Crippen molar-refractivity contribution >= 4 is 0 Å². The van der Waals surface area contributed by atoms with Gasteiger partial charge in [-0.1, -0.05) is 6.92 Å². The van der Waals surface area contributed by atoms with E-state index in [1.807, 2.05) is 0 Å². The molecule has 0 aromatic rings. The zero-order valence-electron chi connectivity index (χ0n) is 10.4. The van der Waals surface area contributed by atoms with Gasteiger partial charge in [-0.15, -0.1) is 0 Å². The van der Waals surface area contributed by atoms with Crippen LogP contribution in [0.1, 0.15) is 32.6 Å². The van der Waals surface area contributed by atoms with Gasteiger partial charge in [0, 0.05) is 13.1 Å². The van der Waals surface area contributed by atoms with Crippen LogP contribution in [-0.2, 0) is 0 Å². The smallest absolute Gasteiger partial charge is 0.000750 e. The van der Waals surface area contributed by atoms with Gasteiger partial charge in [-0.05, 0) is 64.2 Å². The molecule has 15 heavy (non-hydrogen) atoms. The largest absolute Gasteiger partial charge is 0.306 e. The van der Waals surface area contributed by atoms with E-state index < -0.39 is 0 Å². The first-order valence-electron chi connectivity index (χ1n) is 6.65. The fourth-order valence-corrected chi connectivity index (χ4v) is 3.10. The fourth-order valence-electron chi connectivity index (χ4n) is 3.10. The minimum Gasteiger partial charge on any atom is -0.306 e. The van der Waals surface area contributed by atoms with Crippen LogP contribution in [0.5, 0.6) is 0 Å². The molecule has 2 aliphatic heterocycles. The number of nitrogens with zero attached hydrogens (tertiary/aromatic N) is 2. The SMILES string of the molecule is CC1CCN(CCC2CCCN(C)C2)C1. The summed E-state index contributed by atoms with van der Waals surface area (Å²) in [6.45, 7) is 9.09. The van der Waals surface area contributed by atoms with E-state index in [0.717, 1.165) is 11.8 Å². The lowest BCUT2D eigenvalue weighted by Crippen LogP contribution is -2.34. The maximum Gasteiger partial charge on any atom is 0.000750 e. The van der Waals surface area contributed by atoms with Crippen LogP contribution in [0.3, 0.4) is 0 Å². The molecule has 2 nitrogen and oxygen atoms in total. The molecule has 88 valence electrons. The van der Waals surface area contributed by atoms with Gasteiger partial charge in [-0.3, -0.25) is 0 Å². The van der Waals surface area contributed by atoms with Gasteiger partial charge in [0.2, 0.25) is 0 Å². The molecule has 0 saturated carbocycles. The van der Waals surface area contributed by atoms with Gasteiger partial charge in [0.05, 0.1) is 0 Å². The normalized spacial score (nSPS) is 34.8. The number of likely N-dealkylation sites (tertiary alicyclic amines) is 2. The lowest BCUT2D eigenvalue weighted by atomic mass is 9.95. The van der Waals surface area contributed by atoms with Gasteiger partial charge in [-0.25, -0.2) is 0 Å². The molecule has 0 aliphatic carbocycles. The molecule has 2 saturated heterocycles. The van der Waals surface area contributed by atoms with Crippen molar-refractivity contribution in [2.24, 2.45) is 11.8 Å². The van der Waals surface area contributed by atoms with Crippen molar-refractivity contribution in [1.29, 1.82) is 0 Å². The topological polar surface area (TPSA) is 6.48 Å². The van der Waals surface area contributed by atoms with Crippen LogP contribution in [0.2, 0.25) is 0 Å². The first-order chi connectivity index (χ1) is 7.24. The van der Waals surface area contributed by atoms with Crippen LogP contribution in [0.15, 0.2) is 0 Å². The Hall–Kier alpha value is -0.0800. The third-order valence-corrected chi connectivity index (χ3v) is 4.08. The van der Waals surface area contributed by atoms with Gasteiger partial charge in [-0.2, -0.15) is 0 Å².